The molecule has 132 valence electrons. The highest BCUT2D eigenvalue weighted by Gasteiger charge is 2.31. The number of aromatic nitrogens is 1. The van der Waals surface area contributed by atoms with Crippen LogP contribution in [0.5, 0.6) is 0 Å². The van der Waals surface area contributed by atoms with Gasteiger partial charge in [0.1, 0.15) is 11.9 Å². The Bertz CT molecular complexity index is 841. The van der Waals surface area contributed by atoms with Gasteiger partial charge in [-0.1, -0.05) is 12.1 Å². The van der Waals surface area contributed by atoms with Crippen LogP contribution in [0.3, 0.4) is 0 Å². The first-order chi connectivity index (χ1) is 12.6. The number of amides is 2. The highest BCUT2D eigenvalue weighted by Crippen LogP contribution is 2.24. The van der Waals surface area contributed by atoms with Crippen LogP contribution in [0.25, 0.3) is 0 Å². The van der Waals surface area contributed by atoms with Crippen molar-refractivity contribution in [1.29, 1.82) is 5.26 Å². The molecule has 7 nitrogen and oxygen atoms in total. The molecule has 0 atom stereocenters. The normalized spacial score (nSPS) is 13.6. The van der Waals surface area contributed by atoms with Crippen molar-refractivity contribution < 1.29 is 14.3 Å². The summed E-state index contributed by atoms with van der Waals surface area (Å²) in [6.07, 6.45) is 2.39. The number of nitrogens with zero attached hydrogens (tertiary/aromatic N) is 4. The number of pyridine rings is 1. The smallest absolute Gasteiger partial charge is 0.330 e. The molecule has 1 aliphatic rings. The molecule has 0 bridgehead atoms. The third-order valence-electron chi connectivity index (χ3n) is 4.26. The Morgan fingerprint density at radius 1 is 1.19 bits per heavy atom. The van der Waals surface area contributed by atoms with Crippen LogP contribution in [-0.2, 0) is 16.0 Å². The second-order valence-corrected chi connectivity index (χ2v) is 5.85. The maximum absolute atomic E-state index is 12.7. The Kier molecular flexibility index (Phi) is 5.13. The molecule has 1 aromatic carbocycles. The minimum atomic E-state index is -0.241. The van der Waals surface area contributed by atoms with Crippen molar-refractivity contribution in [3.8, 4) is 6.07 Å². The number of carbonyl (C=O) groups is 2. The molecule has 0 aliphatic carbocycles. The molecule has 1 fully saturated rings. The summed E-state index contributed by atoms with van der Waals surface area (Å²) in [5, 5.41) is 8.84. The minimum Gasteiger partial charge on any atom is -0.469 e. The highest BCUT2D eigenvalue weighted by molar-refractivity contribution is 6.05. The van der Waals surface area contributed by atoms with Gasteiger partial charge in [0.25, 0.3) is 0 Å². The molecule has 0 unspecified atom stereocenters. The first-order valence-corrected chi connectivity index (χ1v) is 8.23. The van der Waals surface area contributed by atoms with E-state index in [1.165, 1.54) is 13.3 Å². The number of aryl methyl sites for hydroxylation is 1. The van der Waals surface area contributed by atoms with Crippen molar-refractivity contribution >= 4 is 23.5 Å². The standard InChI is InChI=1S/C19H18N4O3/c1-26-18(24)9-5-14-2-6-16(7-3-14)22-10-11-23(19(22)25)17-8-4-15(12-20)13-21-17/h2-4,6-8,13H,5,9-11H2,1H3. The van der Waals surface area contributed by atoms with E-state index < -0.39 is 0 Å². The molecule has 1 saturated heterocycles. The Morgan fingerprint density at radius 3 is 2.54 bits per heavy atom. The summed E-state index contributed by atoms with van der Waals surface area (Å²) < 4.78 is 4.64. The van der Waals surface area contributed by atoms with Gasteiger partial charge >= 0.3 is 12.0 Å². The molecule has 2 aromatic rings. The number of urea groups is 1. The van der Waals surface area contributed by atoms with Crippen molar-refractivity contribution in [2.75, 3.05) is 30.0 Å². The third-order valence-corrected chi connectivity index (χ3v) is 4.26. The molecule has 7 heteroatoms. The van der Waals surface area contributed by atoms with E-state index >= 15 is 0 Å². The lowest BCUT2D eigenvalue weighted by Crippen LogP contribution is -2.32. The van der Waals surface area contributed by atoms with Gasteiger partial charge < -0.3 is 4.74 Å². The number of esters is 1. The molecule has 2 amide bonds. The van der Waals surface area contributed by atoms with E-state index in [2.05, 4.69) is 9.72 Å². The van der Waals surface area contributed by atoms with Crippen molar-refractivity contribution in [3.05, 3.63) is 53.7 Å². The third kappa shape index (κ3) is 3.64. The second kappa shape index (κ2) is 7.66. The van der Waals surface area contributed by atoms with Gasteiger partial charge in [0.15, 0.2) is 0 Å². The van der Waals surface area contributed by atoms with Gasteiger partial charge in [-0.05, 0) is 36.2 Å². The molecule has 0 spiro atoms. The summed E-state index contributed by atoms with van der Waals surface area (Å²) >= 11 is 0. The number of carbonyl (C=O) groups excluding carboxylic acids is 2. The largest absolute Gasteiger partial charge is 0.469 e. The van der Waals surface area contributed by atoms with E-state index in [1.54, 1.807) is 21.9 Å². The Morgan fingerprint density at radius 2 is 1.92 bits per heavy atom. The topological polar surface area (TPSA) is 86.5 Å². The SMILES string of the molecule is COC(=O)CCc1ccc(N2CCN(c3ccc(C#N)cn3)C2=O)cc1. The van der Waals surface area contributed by atoms with Crippen LogP contribution in [0.1, 0.15) is 17.5 Å². The minimum absolute atomic E-state index is 0.149. The zero-order valence-electron chi connectivity index (χ0n) is 14.4. The van der Waals surface area contributed by atoms with Crippen molar-refractivity contribution in [2.24, 2.45) is 0 Å². The van der Waals surface area contributed by atoms with Gasteiger partial charge in [-0.3, -0.25) is 14.6 Å². The Labute approximate surface area is 151 Å². The van der Waals surface area contributed by atoms with Crippen LogP contribution >= 0.6 is 0 Å². The number of ether oxygens (including phenoxy) is 1. The lowest BCUT2D eigenvalue weighted by atomic mass is 10.1. The van der Waals surface area contributed by atoms with Crippen LogP contribution in [0, 0.1) is 11.3 Å². The van der Waals surface area contributed by atoms with E-state index in [4.69, 9.17) is 5.26 Å². The molecular weight excluding hydrogens is 332 g/mol. The molecule has 2 heterocycles. The van der Waals surface area contributed by atoms with Crippen molar-refractivity contribution in [2.45, 2.75) is 12.8 Å². The Hall–Kier alpha value is -3.40. The molecule has 3 rings (SSSR count). The number of hydrogen-bond acceptors (Lipinski definition) is 5. The fourth-order valence-corrected chi connectivity index (χ4v) is 2.79. The second-order valence-electron chi connectivity index (χ2n) is 5.85. The molecular formula is C19H18N4O3. The number of methoxy groups -OCH3 is 1. The zero-order valence-corrected chi connectivity index (χ0v) is 14.4. The fraction of sp³-hybridized carbons (Fsp3) is 0.263. The zero-order chi connectivity index (χ0) is 18.5. The maximum atomic E-state index is 12.7. The lowest BCUT2D eigenvalue weighted by molar-refractivity contribution is -0.140. The fourth-order valence-electron chi connectivity index (χ4n) is 2.79. The molecule has 1 aliphatic heterocycles. The lowest BCUT2D eigenvalue weighted by Gasteiger charge is -2.18. The number of rotatable bonds is 5. The first kappa shape index (κ1) is 17.4. The van der Waals surface area contributed by atoms with Gasteiger partial charge in [-0.25, -0.2) is 9.78 Å². The average molecular weight is 350 g/mol. The van der Waals surface area contributed by atoms with E-state index in [1.807, 2.05) is 30.3 Å². The van der Waals surface area contributed by atoms with Gasteiger partial charge in [-0.2, -0.15) is 5.26 Å². The first-order valence-electron chi connectivity index (χ1n) is 8.23. The van der Waals surface area contributed by atoms with Gasteiger partial charge in [-0.15, -0.1) is 0 Å². The van der Waals surface area contributed by atoms with Crippen LogP contribution in [0.4, 0.5) is 16.3 Å². The molecule has 26 heavy (non-hydrogen) atoms. The molecule has 0 N–H and O–H groups in total. The Balaban J connectivity index is 1.67. The molecule has 0 saturated carbocycles. The maximum Gasteiger partial charge on any atom is 0.330 e. The van der Waals surface area contributed by atoms with Gasteiger partial charge in [0.2, 0.25) is 0 Å². The summed E-state index contributed by atoms with van der Waals surface area (Å²) in [4.78, 5) is 31.4. The quantitative estimate of drug-likeness (QED) is 0.773. The summed E-state index contributed by atoms with van der Waals surface area (Å²) in [6.45, 7) is 1.09. The van der Waals surface area contributed by atoms with Crippen LogP contribution < -0.4 is 9.80 Å². The van der Waals surface area contributed by atoms with Gasteiger partial charge in [0.05, 0.1) is 12.7 Å². The van der Waals surface area contributed by atoms with E-state index in [0.717, 1.165) is 11.3 Å². The van der Waals surface area contributed by atoms with E-state index in [0.29, 0.717) is 37.3 Å². The van der Waals surface area contributed by atoms with Gasteiger partial charge in [0, 0.05) is 31.4 Å². The monoisotopic (exact) mass is 350 g/mol. The van der Waals surface area contributed by atoms with Crippen molar-refractivity contribution in [1.82, 2.24) is 4.98 Å². The number of hydrogen-bond donors (Lipinski definition) is 0. The van der Waals surface area contributed by atoms with Crippen LogP contribution in [0.2, 0.25) is 0 Å². The molecule has 0 radical (unpaired) electrons. The molecule has 1 aromatic heterocycles. The van der Waals surface area contributed by atoms with Crippen LogP contribution in [0.15, 0.2) is 42.6 Å². The highest BCUT2D eigenvalue weighted by atomic mass is 16.5. The van der Waals surface area contributed by atoms with Crippen LogP contribution in [-0.4, -0.2) is 37.2 Å². The van der Waals surface area contributed by atoms with E-state index in [9.17, 15) is 9.59 Å². The summed E-state index contributed by atoms with van der Waals surface area (Å²) in [5.41, 5.74) is 2.27. The van der Waals surface area contributed by atoms with E-state index in [-0.39, 0.29) is 12.0 Å². The number of nitriles is 1. The number of benzene rings is 1. The predicted molar refractivity (Wildman–Crippen MR) is 95.8 cm³/mol. The summed E-state index contributed by atoms with van der Waals surface area (Å²) in [6, 6.07) is 12.8. The summed E-state index contributed by atoms with van der Waals surface area (Å²) in [5.74, 6) is 0.292. The number of anilines is 2. The predicted octanol–water partition coefficient (Wildman–Crippen LogP) is 2.51. The van der Waals surface area contributed by atoms with Crippen molar-refractivity contribution in [3.63, 3.8) is 0 Å². The average Bonchev–Trinajstić information content (AvgIpc) is 3.08. The summed E-state index contributed by atoms with van der Waals surface area (Å²) in [7, 11) is 1.37.